The summed E-state index contributed by atoms with van der Waals surface area (Å²) in [6.07, 6.45) is -3.41. The van der Waals surface area contributed by atoms with Crippen molar-refractivity contribution in [3.05, 3.63) is 32.2 Å². The average molecular weight is 269 g/mol. The molecule has 1 rings (SSSR count). The van der Waals surface area contributed by atoms with Gasteiger partial charge in [-0.2, -0.15) is 0 Å². The molecule has 0 radical (unpaired) electrons. The molecule has 1 aromatic heterocycles. The van der Waals surface area contributed by atoms with E-state index in [0.717, 1.165) is 0 Å². The molecule has 0 aliphatic rings. The number of rotatable bonds is 3. The first kappa shape index (κ1) is 13.2. The molecule has 0 saturated carbocycles. The van der Waals surface area contributed by atoms with Crippen LogP contribution in [-0.4, -0.2) is 18.3 Å². The van der Waals surface area contributed by atoms with Gasteiger partial charge < -0.3 is 4.98 Å². The molecule has 0 aliphatic carbocycles. The highest BCUT2D eigenvalue weighted by molar-refractivity contribution is 7.89. The SMILES string of the molecule is NS(=O)(=O)c1cc(=O)[nH]c(C(F)F)c1[N+](=O)[O-]. The number of nitrogens with two attached hydrogens (primary N) is 1. The fourth-order valence-corrected chi connectivity index (χ4v) is 1.84. The molecule has 0 spiro atoms. The maximum Gasteiger partial charge on any atom is 0.314 e. The van der Waals surface area contributed by atoms with Gasteiger partial charge >= 0.3 is 5.69 Å². The third-order valence-corrected chi connectivity index (χ3v) is 2.64. The molecule has 11 heteroatoms. The molecule has 0 fully saturated rings. The fourth-order valence-electron chi connectivity index (χ4n) is 1.11. The van der Waals surface area contributed by atoms with Crippen molar-refractivity contribution in [1.29, 1.82) is 0 Å². The zero-order valence-corrected chi connectivity index (χ0v) is 8.70. The maximum absolute atomic E-state index is 12.4. The van der Waals surface area contributed by atoms with Crippen LogP contribution < -0.4 is 10.7 Å². The van der Waals surface area contributed by atoms with Gasteiger partial charge in [-0.1, -0.05) is 0 Å². The van der Waals surface area contributed by atoms with Crippen molar-refractivity contribution < 1.29 is 22.1 Å². The van der Waals surface area contributed by atoms with Crippen LogP contribution in [0.5, 0.6) is 0 Å². The van der Waals surface area contributed by atoms with E-state index in [1.807, 2.05) is 0 Å². The molecule has 0 amide bonds. The van der Waals surface area contributed by atoms with E-state index in [1.165, 1.54) is 4.98 Å². The Balaban J connectivity index is 3.83. The lowest BCUT2D eigenvalue weighted by molar-refractivity contribution is -0.389. The van der Waals surface area contributed by atoms with Gasteiger partial charge in [0.2, 0.25) is 15.6 Å². The normalized spacial score (nSPS) is 11.8. The number of pyridine rings is 1. The zero-order valence-electron chi connectivity index (χ0n) is 7.88. The number of hydrogen-bond donors (Lipinski definition) is 2. The summed E-state index contributed by atoms with van der Waals surface area (Å²) in [4.78, 5) is 20.3. The van der Waals surface area contributed by atoms with Crippen molar-refractivity contribution in [3.8, 4) is 0 Å². The lowest BCUT2D eigenvalue weighted by atomic mass is 10.3. The van der Waals surface area contributed by atoms with E-state index < -0.39 is 43.2 Å². The van der Waals surface area contributed by atoms with Crippen LogP contribution in [0, 0.1) is 10.1 Å². The van der Waals surface area contributed by atoms with Crippen LogP contribution in [0.4, 0.5) is 14.5 Å². The van der Waals surface area contributed by atoms with E-state index in [9.17, 15) is 32.1 Å². The minimum absolute atomic E-state index is 0.277. The van der Waals surface area contributed by atoms with Crippen molar-refractivity contribution in [2.75, 3.05) is 0 Å². The Hall–Kier alpha value is -1.88. The summed E-state index contributed by atoms with van der Waals surface area (Å²) in [6.45, 7) is 0. The molecule has 8 nitrogen and oxygen atoms in total. The smallest absolute Gasteiger partial charge is 0.314 e. The van der Waals surface area contributed by atoms with Crippen LogP contribution in [0.2, 0.25) is 0 Å². The molecule has 0 bridgehead atoms. The van der Waals surface area contributed by atoms with E-state index in [2.05, 4.69) is 5.14 Å². The van der Waals surface area contributed by atoms with Crippen molar-refractivity contribution in [1.82, 2.24) is 4.98 Å². The molecule has 0 unspecified atom stereocenters. The maximum atomic E-state index is 12.4. The number of sulfonamides is 1. The van der Waals surface area contributed by atoms with Gasteiger partial charge in [0.25, 0.3) is 6.43 Å². The first-order valence-corrected chi connectivity index (χ1v) is 5.41. The number of primary sulfonamides is 1. The highest BCUT2D eigenvalue weighted by Crippen LogP contribution is 2.30. The average Bonchev–Trinajstić information content (AvgIpc) is 2.14. The highest BCUT2D eigenvalue weighted by atomic mass is 32.2. The molecular formula is C6H5F2N3O5S. The summed E-state index contributed by atoms with van der Waals surface area (Å²) in [5, 5.41) is 15.1. The van der Waals surface area contributed by atoms with Crippen LogP contribution >= 0.6 is 0 Å². The summed E-state index contributed by atoms with van der Waals surface area (Å²) in [6, 6.07) is 0.277. The van der Waals surface area contributed by atoms with E-state index >= 15 is 0 Å². The van der Waals surface area contributed by atoms with E-state index in [-0.39, 0.29) is 6.07 Å². The zero-order chi connectivity index (χ0) is 13.4. The van der Waals surface area contributed by atoms with Crippen molar-refractivity contribution >= 4 is 15.7 Å². The van der Waals surface area contributed by atoms with Crippen LogP contribution in [-0.2, 0) is 10.0 Å². The molecule has 94 valence electrons. The predicted octanol–water partition coefficient (Wildman–Crippen LogP) is -0.132. The summed E-state index contributed by atoms with van der Waals surface area (Å²) in [7, 11) is -4.65. The van der Waals surface area contributed by atoms with Crippen molar-refractivity contribution in [3.63, 3.8) is 0 Å². The third-order valence-electron chi connectivity index (χ3n) is 1.72. The van der Waals surface area contributed by atoms with E-state index in [0.29, 0.717) is 0 Å². The molecule has 3 N–H and O–H groups in total. The first-order chi connectivity index (χ1) is 7.64. The predicted molar refractivity (Wildman–Crippen MR) is 50.0 cm³/mol. The Morgan fingerprint density at radius 1 is 1.47 bits per heavy atom. The van der Waals surface area contributed by atoms with E-state index in [1.54, 1.807) is 0 Å². The Labute approximate surface area is 92.3 Å². The van der Waals surface area contributed by atoms with Gasteiger partial charge in [0, 0.05) is 6.07 Å². The number of aromatic amines is 1. The van der Waals surface area contributed by atoms with Gasteiger partial charge in [-0.3, -0.25) is 14.9 Å². The molecular weight excluding hydrogens is 264 g/mol. The number of nitrogens with one attached hydrogen (secondary N) is 1. The van der Waals surface area contributed by atoms with Gasteiger partial charge in [-0.25, -0.2) is 22.3 Å². The van der Waals surface area contributed by atoms with Gasteiger partial charge in [-0.05, 0) is 0 Å². The number of H-pyrrole nitrogens is 1. The quantitative estimate of drug-likeness (QED) is 0.581. The number of hydrogen-bond acceptors (Lipinski definition) is 5. The van der Waals surface area contributed by atoms with E-state index in [4.69, 9.17) is 0 Å². The summed E-state index contributed by atoms with van der Waals surface area (Å²) in [5.74, 6) is 0. The standard InChI is InChI=1S/C6H5F2N3O5S/c7-6(8)4-5(11(13)14)2(17(9,15)16)1-3(12)10-4/h1,6H,(H,10,12)(H2,9,15,16). The summed E-state index contributed by atoms with van der Waals surface area (Å²) >= 11 is 0. The van der Waals surface area contributed by atoms with Crippen LogP contribution in [0.3, 0.4) is 0 Å². The Morgan fingerprint density at radius 3 is 2.35 bits per heavy atom. The molecule has 0 aromatic carbocycles. The topological polar surface area (TPSA) is 136 Å². The molecule has 0 atom stereocenters. The van der Waals surface area contributed by atoms with Gasteiger partial charge in [0.15, 0.2) is 10.6 Å². The van der Waals surface area contributed by atoms with Crippen LogP contribution in [0.25, 0.3) is 0 Å². The third kappa shape index (κ3) is 2.62. The van der Waals surface area contributed by atoms with Gasteiger partial charge in [0.1, 0.15) is 0 Å². The lowest BCUT2D eigenvalue weighted by Crippen LogP contribution is -2.21. The minimum Gasteiger partial charge on any atom is -0.315 e. The second kappa shape index (κ2) is 4.18. The van der Waals surface area contributed by atoms with Crippen LogP contribution in [0.1, 0.15) is 12.1 Å². The minimum atomic E-state index is -4.65. The number of alkyl halides is 2. The largest absolute Gasteiger partial charge is 0.315 e. The monoisotopic (exact) mass is 269 g/mol. The second-order valence-electron chi connectivity index (χ2n) is 2.86. The molecule has 1 aromatic rings. The highest BCUT2D eigenvalue weighted by Gasteiger charge is 2.32. The Morgan fingerprint density at radius 2 is 2.00 bits per heavy atom. The number of aromatic nitrogens is 1. The van der Waals surface area contributed by atoms with Gasteiger partial charge in [-0.15, -0.1) is 0 Å². The van der Waals surface area contributed by atoms with Gasteiger partial charge in [0.05, 0.1) is 4.92 Å². The number of nitrogens with zero attached hydrogens (tertiary/aromatic N) is 1. The summed E-state index contributed by atoms with van der Waals surface area (Å²) in [5.41, 5.74) is -4.05. The summed E-state index contributed by atoms with van der Waals surface area (Å²) < 4.78 is 46.8. The fraction of sp³-hybridized carbons (Fsp3) is 0.167. The Kier molecular flexibility index (Phi) is 3.24. The lowest BCUT2D eigenvalue weighted by Gasteiger charge is -2.04. The molecule has 0 aliphatic heterocycles. The van der Waals surface area contributed by atoms with Crippen LogP contribution in [0.15, 0.2) is 15.8 Å². The Bertz CT molecular complexity index is 623. The van der Waals surface area contributed by atoms with Crippen molar-refractivity contribution in [2.45, 2.75) is 11.3 Å². The van der Waals surface area contributed by atoms with Crippen molar-refractivity contribution in [2.24, 2.45) is 5.14 Å². The second-order valence-corrected chi connectivity index (χ2v) is 4.39. The molecule has 1 heterocycles. The number of halogens is 2. The number of nitro groups is 1. The first-order valence-electron chi connectivity index (χ1n) is 3.87. The molecule has 17 heavy (non-hydrogen) atoms. The molecule has 0 saturated heterocycles.